The molecule has 29 heavy (non-hydrogen) atoms. The lowest BCUT2D eigenvalue weighted by atomic mass is 9.80. The van der Waals surface area contributed by atoms with Crippen molar-refractivity contribution in [2.75, 3.05) is 0 Å². The first-order valence-corrected chi connectivity index (χ1v) is 9.62. The summed E-state index contributed by atoms with van der Waals surface area (Å²) in [5.74, 6) is -3.80. The van der Waals surface area contributed by atoms with Crippen LogP contribution in [-0.2, 0) is 14.4 Å². The van der Waals surface area contributed by atoms with E-state index in [1.165, 1.54) is 13.8 Å². The van der Waals surface area contributed by atoms with Crippen molar-refractivity contribution in [3.05, 3.63) is 0 Å². The van der Waals surface area contributed by atoms with Gasteiger partial charge in [-0.1, -0.05) is 26.7 Å². The fourth-order valence-electron chi connectivity index (χ4n) is 3.64. The molecule has 1 saturated carbocycles. The quantitative estimate of drug-likeness (QED) is 0.191. The van der Waals surface area contributed by atoms with Gasteiger partial charge in [0, 0.05) is 18.9 Å². The lowest BCUT2D eigenvalue weighted by Gasteiger charge is -2.35. The number of carboxylic acid groups (broad SMARTS) is 2. The second-order valence-corrected chi connectivity index (χ2v) is 7.30. The van der Waals surface area contributed by atoms with E-state index < -0.39 is 42.0 Å². The van der Waals surface area contributed by atoms with E-state index in [1.54, 1.807) is 0 Å². The monoisotopic (exact) mass is 417 g/mol. The summed E-state index contributed by atoms with van der Waals surface area (Å²) in [6.45, 7) is 6.81. The number of aliphatic hydroxyl groups is 1. The molecular weight excluding hydrogens is 382 g/mol. The Morgan fingerprint density at radius 2 is 1.66 bits per heavy atom. The standard InChI is InChI=1S/C15H28N4O4.C3H7NO2/c1-4-8(5-2)12(18-7(3)20)11-10(19-15(16)17)6-9(13(11)21)14(22)23;1-2(4)3(5)6/h8-13,21H,4-6H2,1-3H3,(H,18,20)(H,22,23)(H4,16,17,19);2H,4H2,1H3,(H,5,6)/t9-,10+,11+,12-,13+;/m0./s1. The van der Waals surface area contributed by atoms with Crippen LogP contribution in [0.15, 0.2) is 4.99 Å². The van der Waals surface area contributed by atoms with Crippen LogP contribution in [0.4, 0.5) is 0 Å². The Morgan fingerprint density at radius 3 is 1.97 bits per heavy atom. The first kappa shape index (κ1) is 26.6. The summed E-state index contributed by atoms with van der Waals surface area (Å²) in [5, 5.41) is 30.6. The molecule has 0 spiro atoms. The molecule has 168 valence electrons. The summed E-state index contributed by atoms with van der Waals surface area (Å²) in [7, 11) is 0. The van der Waals surface area contributed by atoms with Gasteiger partial charge in [0.1, 0.15) is 6.04 Å². The fourth-order valence-corrected chi connectivity index (χ4v) is 3.64. The summed E-state index contributed by atoms with van der Waals surface area (Å²) >= 11 is 0. The number of nitrogens with two attached hydrogens (primary N) is 3. The number of nitrogens with zero attached hydrogens (tertiary/aromatic N) is 1. The SMILES string of the molecule is CC(N)C(=O)O.CCC(CC)[C@H](NC(C)=O)[C@@H]1[C@H](O)[C@@H](C(=O)O)C[C@H]1N=C(N)N. The Kier molecular flexibility index (Phi) is 11.2. The third-order valence-electron chi connectivity index (χ3n) is 5.11. The van der Waals surface area contributed by atoms with Crippen molar-refractivity contribution in [2.24, 2.45) is 39.9 Å². The van der Waals surface area contributed by atoms with E-state index in [0.717, 1.165) is 12.8 Å². The van der Waals surface area contributed by atoms with Crippen molar-refractivity contribution in [1.29, 1.82) is 0 Å². The number of carbonyl (C=O) groups is 3. The number of carboxylic acids is 2. The van der Waals surface area contributed by atoms with Crippen molar-refractivity contribution in [3.8, 4) is 0 Å². The number of aliphatic imine (C=N–C) groups is 1. The minimum Gasteiger partial charge on any atom is -0.481 e. The highest BCUT2D eigenvalue weighted by Crippen LogP contribution is 2.39. The zero-order chi connectivity index (χ0) is 22.9. The molecule has 0 aromatic rings. The van der Waals surface area contributed by atoms with Gasteiger partial charge in [0.05, 0.1) is 18.1 Å². The van der Waals surface area contributed by atoms with Crippen LogP contribution in [0.5, 0.6) is 0 Å². The Balaban J connectivity index is 0.00000113. The summed E-state index contributed by atoms with van der Waals surface area (Å²) in [6.07, 6.45) is 0.612. The predicted molar refractivity (Wildman–Crippen MR) is 108 cm³/mol. The normalized spacial score (nSPS) is 25.3. The van der Waals surface area contributed by atoms with Crippen LogP contribution >= 0.6 is 0 Å². The van der Waals surface area contributed by atoms with Crippen LogP contribution in [0.25, 0.3) is 0 Å². The fraction of sp³-hybridized carbons (Fsp3) is 0.778. The van der Waals surface area contributed by atoms with Gasteiger partial charge in [0.15, 0.2) is 5.96 Å². The average molecular weight is 418 g/mol. The van der Waals surface area contributed by atoms with Crippen LogP contribution in [0, 0.1) is 17.8 Å². The molecule has 0 saturated heterocycles. The van der Waals surface area contributed by atoms with Crippen molar-refractivity contribution >= 4 is 23.8 Å². The Labute approximate surface area is 170 Å². The number of aliphatic carboxylic acids is 2. The Hall–Kier alpha value is -2.40. The van der Waals surface area contributed by atoms with Gasteiger partial charge in [-0.25, -0.2) is 4.99 Å². The van der Waals surface area contributed by atoms with Gasteiger partial charge in [0.25, 0.3) is 0 Å². The van der Waals surface area contributed by atoms with E-state index in [1.807, 2.05) is 13.8 Å². The van der Waals surface area contributed by atoms with Crippen LogP contribution < -0.4 is 22.5 Å². The van der Waals surface area contributed by atoms with E-state index in [-0.39, 0.29) is 30.2 Å². The van der Waals surface area contributed by atoms with E-state index in [0.29, 0.717) is 0 Å². The van der Waals surface area contributed by atoms with Gasteiger partial charge < -0.3 is 37.8 Å². The highest BCUT2D eigenvalue weighted by atomic mass is 16.4. The maximum absolute atomic E-state index is 11.6. The lowest BCUT2D eigenvalue weighted by Crippen LogP contribution is -2.51. The van der Waals surface area contributed by atoms with Gasteiger partial charge in [-0.15, -0.1) is 0 Å². The van der Waals surface area contributed by atoms with Crippen molar-refractivity contribution in [2.45, 2.75) is 71.2 Å². The molecule has 0 bridgehead atoms. The number of nitrogens with one attached hydrogen (secondary N) is 1. The molecular formula is C18H35N5O6. The summed E-state index contributed by atoms with van der Waals surface area (Å²) < 4.78 is 0. The molecule has 1 unspecified atom stereocenters. The maximum Gasteiger partial charge on any atom is 0.320 e. The van der Waals surface area contributed by atoms with E-state index in [4.69, 9.17) is 22.3 Å². The number of hydrogen-bond donors (Lipinski definition) is 7. The average Bonchev–Trinajstić information content (AvgIpc) is 2.90. The number of amides is 1. The second kappa shape index (κ2) is 12.2. The van der Waals surface area contributed by atoms with Gasteiger partial charge >= 0.3 is 11.9 Å². The second-order valence-electron chi connectivity index (χ2n) is 7.30. The molecule has 0 radical (unpaired) electrons. The van der Waals surface area contributed by atoms with E-state index >= 15 is 0 Å². The smallest absolute Gasteiger partial charge is 0.320 e. The van der Waals surface area contributed by atoms with Gasteiger partial charge in [-0.3, -0.25) is 14.4 Å². The number of carbonyl (C=O) groups excluding carboxylic acids is 1. The zero-order valence-corrected chi connectivity index (χ0v) is 17.4. The molecule has 0 aliphatic heterocycles. The number of hydrogen-bond acceptors (Lipinski definition) is 6. The topological polar surface area (TPSA) is 214 Å². The molecule has 10 N–H and O–H groups in total. The first-order chi connectivity index (χ1) is 13.4. The third kappa shape index (κ3) is 8.24. The molecule has 11 nitrogen and oxygen atoms in total. The molecule has 1 aliphatic rings. The summed E-state index contributed by atoms with van der Waals surface area (Å²) in [6, 6.07) is -1.64. The van der Waals surface area contributed by atoms with Crippen LogP contribution in [0.3, 0.4) is 0 Å². The van der Waals surface area contributed by atoms with Crippen molar-refractivity contribution in [3.63, 3.8) is 0 Å². The van der Waals surface area contributed by atoms with Gasteiger partial charge in [-0.05, 0) is 19.3 Å². The van der Waals surface area contributed by atoms with E-state index in [9.17, 15) is 24.6 Å². The molecule has 0 aromatic heterocycles. The largest absolute Gasteiger partial charge is 0.481 e. The highest BCUT2D eigenvalue weighted by Gasteiger charge is 2.50. The molecule has 0 aromatic carbocycles. The first-order valence-electron chi connectivity index (χ1n) is 9.62. The zero-order valence-electron chi connectivity index (χ0n) is 17.4. The molecule has 11 heteroatoms. The number of rotatable bonds is 8. The van der Waals surface area contributed by atoms with Gasteiger partial charge in [-0.2, -0.15) is 0 Å². The molecule has 1 fully saturated rings. The molecule has 6 atom stereocenters. The van der Waals surface area contributed by atoms with Crippen LogP contribution in [-0.4, -0.2) is 63.4 Å². The minimum atomic E-state index is -1.11. The maximum atomic E-state index is 11.6. The summed E-state index contributed by atoms with van der Waals surface area (Å²) in [5.41, 5.74) is 15.7. The predicted octanol–water partition coefficient (Wildman–Crippen LogP) is -0.931. The molecule has 0 heterocycles. The van der Waals surface area contributed by atoms with Crippen LogP contribution in [0.2, 0.25) is 0 Å². The number of guanidine groups is 1. The molecule has 1 amide bonds. The Bertz CT molecular complexity index is 589. The highest BCUT2D eigenvalue weighted by molar-refractivity contribution is 5.77. The van der Waals surface area contributed by atoms with Crippen LogP contribution in [0.1, 0.15) is 47.0 Å². The van der Waals surface area contributed by atoms with Crippen molar-refractivity contribution in [1.82, 2.24) is 5.32 Å². The molecule has 1 aliphatic carbocycles. The van der Waals surface area contributed by atoms with E-state index in [2.05, 4.69) is 10.3 Å². The minimum absolute atomic E-state index is 0.0998. The number of aliphatic hydroxyl groups excluding tert-OH is 1. The Morgan fingerprint density at radius 1 is 1.17 bits per heavy atom. The lowest BCUT2D eigenvalue weighted by molar-refractivity contribution is -0.145. The van der Waals surface area contributed by atoms with Gasteiger partial charge in [0.2, 0.25) is 5.91 Å². The van der Waals surface area contributed by atoms with Crippen molar-refractivity contribution < 1.29 is 29.7 Å². The third-order valence-corrected chi connectivity index (χ3v) is 5.11. The molecule has 1 rings (SSSR count). The summed E-state index contributed by atoms with van der Waals surface area (Å²) in [4.78, 5) is 36.7.